The molecule has 0 fully saturated rings. The highest BCUT2D eigenvalue weighted by Crippen LogP contribution is 2.20. The molecular formula is C8H9ClN2OS. The molecule has 0 N–H and O–H groups in total. The molecule has 0 aliphatic carbocycles. The van der Waals surface area contributed by atoms with Crippen LogP contribution >= 0.6 is 23.4 Å². The molecule has 0 aliphatic rings. The summed E-state index contributed by atoms with van der Waals surface area (Å²) in [5, 5.41) is 0.830. The molecule has 0 atom stereocenters. The van der Waals surface area contributed by atoms with Crippen molar-refractivity contribution < 1.29 is 4.79 Å². The van der Waals surface area contributed by atoms with E-state index in [1.165, 1.54) is 18.7 Å². The lowest BCUT2D eigenvalue weighted by molar-refractivity contribution is 0.101. The SMILES string of the molecule is CSc1nc(C)c(C(C)=O)c(Cl)n1. The lowest BCUT2D eigenvalue weighted by Gasteiger charge is -2.04. The molecule has 0 aromatic carbocycles. The van der Waals surface area contributed by atoms with Crippen LogP contribution in [0.3, 0.4) is 0 Å². The minimum Gasteiger partial charge on any atom is -0.294 e. The number of aromatic nitrogens is 2. The smallest absolute Gasteiger partial charge is 0.188 e. The number of carbonyl (C=O) groups excluding carboxylic acids is 1. The number of thioether (sulfide) groups is 1. The molecule has 0 spiro atoms. The first-order valence-electron chi connectivity index (χ1n) is 3.65. The molecule has 0 saturated heterocycles. The first-order chi connectivity index (χ1) is 6.06. The fourth-order valence-electron chi connectivity index (χ4n) is 1.00. The second-order valence-corrected chi connectivity index (χ2v) is 3.65. The maximum atomic E-state index is 11.1. The maximum absolute atomic E-state index is 11.1. The number of carbonyl (C=O) groups is 1. The number of rotatable bonds is 2. The zero-order valence-corrected chi connectivity index (χ0v) is 9.16. The van der Waals surface area contributed by atoms with Crippen molar-refractivity contribution in [1.82, 2.24) is 9.97 Å². The monoisotopic (exact) mass is 216 g/mol. The van der Waals surface area contributed by atoms with Crippen molar-refractivity contribution in [2.24, 2.45) is 0 Å². The van der Waals surface area contributed by atoms with Crippen molar-refractivity contribution in [3.05, 3.63) is 16.4 Å². The normalized spacial score (nSPS) is 10.2. The Kier molecular flexibility index (Phi) is 3.27. The summed E-state index contributed by atoms with van der Waals surface area (Å²) < 4.78 is 0. The van der Waals surface area contributed by atoms with Crippen LogP contribution in [0.1, 0.15) is 23.0 Å². The summed E-state index contributed by atoms with van der Waals surface area (Å²) in [6.07, 6.45) is 1.86. The van der Waals surface area contributed by atoms with Crippen LogP contribution in [0, 0.1) is 6.92 Å². The fourth-order valence-corrected chi connectivity index (χ4v) is 1.82. The van der Waals surface area contributed by atoms with E-state index in [0.717, 1.165) is 0 Å². The summed E-state index contributed by atoms with van der Waals surface area (Å²) in [4.78, 5) is 19.2. The van der Waals surface area contributed by atoms with Crippen LogP contribution in [0.15, 0.2) is 5.16 Å². The Balaban J connectivity index is 3.31. The van der Waals surface area contributed by atoms with E-state index >= 15 is 0 Å². The van der Waals surface area contributed by atoms with Gasteiger partial charge in [-0.25, -0.2) is 9.97 Å². The maximum Gasteiger partial charge on any atom is 0.188 e. The predicted molar refractivity (Wildman–Crippen MR) is 53.6 cm³/mol. The van der Waals surface area contributed by atoms with Crippen LogP contribution in [-0.2, 0) is 0 Å². The van der Waals surface area contributed by atoms with E-state index in [9.17, 15) is 4.79 Å². The molecule has 5 heteroatoms. The van der Waals surface area contributed by atoms with Gasteiger partial charge in [0.2, 0.25) is 0 Å². The van der Waals surface area contributed by atoms with E-state index in [1.54, 1.807) is 6.92 Å². The second kappa shape index (κ2) is 4.07. The molecular weight excluding hydrogens is 208 g/mol. The number of nitrogens with zero attached hydrogens (tertiary/aromatic N) is 2. The predicted octanol–water partition coefficient (Wildman–Crippen LogP) is 2.36. The standard InChI is InChI=1S/C8H9ClN2OS/c1-4-6(5(2)12)7(9)11-8(10-4)13-3/h1-3H3. The molecule has 1 aromatic heterocycles. The van der Waals surface area contributed by atoms with Crippen molar-refractivity contribution in [2.45, 2.75) is 19.0 Å². The van der Waals surface area contributed by atoms with Gasteiger partial charge in [0, 0.05) is 0 Å². The molecule has 1 heterocycles. The van der Waals surface area contributed by atoms with Crippen LogP contribution in [0.5, 0.6) is 0 Å². The second-order valence-electron chi connectivity index (χ2n) is 2.52. The van der Waals surface area contributed by atoms with Gasteiger partial charge in [-0.05, 0) is 20.1 Å². The van der Waals surface area contributed by atoms with Gasteiger partial charge in [0.05, 0.1) is 11.3 Å². The van der Waals surface area contributed by atoms with Gasteiger partial charge in [0.15, 0.2) is 10.9 Å². The van der Waals surface area contributed by atoms with E-state index in [2.05, 4.69) is 9.97 Å². The average Bonchev–Trinajstić information content (AvgIpc) is 2.02. The molecule has 0 unspecified atom stereocenters. The zero-order chi connectivity index (χ0) is 10.0. The lowest BCUT2D eigenvalue weighted by atomic mass is 10.2. The molecule has 3 nitrogen and oxygen atoms in total. The molecule has 0 saturated carbocycles. The summed E-state index contributed by atoms with van der Waals surface area (Å²) >= 11 is 7.22. The number of aryl methyl sites for hydroxylation is 1. The first-order valence-corrected chi connectivity index (χ1v) is 5.25. The number of hydrogen-bond acceptors (Lipinski definition) is 4. The quantitative estimate of drug-likeness (QED) is 0.330. The lowest BCUT2D eigenvalue weighted by Crippen LogP contribution is -2.03. The summed E-state index contributed by atoms with van der Waals surface area (Å²) in [5.74, 6) is -0.102. The highest BCUT2D eigenvalue weighted by atomic mass is 35.5. The molecule has 0 amide bonds. The molecule has 13 heavy (non-hydrogen) atoms. The van der Waals surface area contributed by atoms with Crippen LogP contribution in [-0.4, -0.2) is 22.0 Å². The van der Waals surface area contributed by atoms with Crippen LogP contribution in [0.2, 0.25) is 5.15 Å². The summed E-state index contributed by atoms with van der Waals surface area (Å²) in [6.45, 7) is 3.21. The van der Waals surface area contributed by atoms with E-state index in [4.69, 9.17) is 11.6 Å². The third-order valence-electron chi connectivity index (χ3n) is 1.56. The minimum absolute atomic E-state index is 0.102. The van der Waals surface area contributed by atoms with Crippen molar-refractivity contribution in [1.29, 1.82) is 0 Å². The summed E-state index contributed by atoms with van der Waals surface area (Å²) in [6, 6.07) is 0. The Morgan fingerprint density at radius 2 is 2.08 bits per heavy atom. The molecule has 70 valence electrons. The van der Waals surface area contributed by atoms with Gasteiger partial charge in [-0.15, -0.1) is 0 Å². The van der Waals surface area contributed by atoms with E-state index < -0.39 is 0 Å². The Morgan fingerprint density at radius 3 is 2.46 bits per heavy atom. The Labute approximate surface area is 85.9 Å². The highest BCUT2D eigenvalue weighted by molar-refractivity contribution is 7.98. The van der Waals surface area contributed by atoms with Gasteiger partial charge in [0.25, 0.3) is 0 Å². The van der Waals surface area contributed by atoms with Gasteiger partial charge in [-0.3, -0.25) is 4.79 Å². The van der Waals surface area contributed by atoms with Gasteiger partial charge in [0.1, 0.15) is 5.15 Å². The molecule has 0 aliphatic heterocycles. The van der Waals surface area contributed by atoms with Crippen molar-refractivity contribution in [3.8, 4) is 0 Å². The summed E-state index contributed by atoms with van der Waals surface area (Å²) in [7, 11) is 0. The van der Waals surface area contributed by atoms with Crippen LogP contribution < -0.4 is 0 Å². The van der Waals surface area contributed by atoms with E-state index in [1.807, 2.05) is 6.26 Å². The third-order valence-corrected chi connectivity index (χ3v) is 2.38. The van der Waals surface area contributed by atoms with Crippen molar-refractivity contribution in [2.75, 3.05) is 6.26 Å². The van der Waals surface area contributed by atoms with Crippen molar-refractivity contribution >= 4 is 29.1 Å². The van der Waals surface area contributed by atoms with E-state index in [-0.39, 0.29) is 10.9 Å². The van der Waals surface area contributed by atoms with Gasteiger partial charge in [-0.2, -0.15) is 0 Å². The Hall–Kier alpha value is -0.610. The minimum atomic E-state index is -0.102. The van der Waals surface area contributed by atoms with Crippen LogP contribution in [0.4, 0.5) is 0 Å². The van der Waals surface area contributed by atoms with Crippen molar-refractivity contribution in [3.63, 3.8) is 0 Å². The Morgan fingerprint density at radius 1 is 1.46 bits per heavy atom. The van der Waals surface area contributed by atoms with Gasteiger partial charge >= 0.3 is 0 Å². The molecule has 0 radical (unpaired) electrons. The van der Waals surface area contributed by atoms with E-state index in [0.29, 0.717) is 16.4 Å². The van der Waals surface area contributed by atoms with Gasteiger partial charge < -0.3 is 0 Å². The number of ketones is 1. The largest absolute Gasteiger partial charge is 0.294 e. The molecule has 1 rings (SSSR count). The number of hydrogen-bond donors (Lipinski definition) is 0. The highest BCUT2D eigenvalue weighted by Gasteiger charge is 2.13. The number of Topliss-reactive ketones (excluding diaryl/α,β-unsaturated/α-hetero) is 1. The summed E-state index contributed by atoms with van der Waals surface area (Å²) in [5.41, 5.74) is 1.05. The van der Waals surface area contributed by atoms with Gasteiger partial charge in [-0.1, -0.05) is 23.4 Å². The number of halogens is 1. The third kappa shape index (κ3) is 2.19. The fraction of sp³-hybridized carbons (Fsp3) is 0.375. The zero-order valence-electron chi connectivity index (χ0n) is 7.59. The average molecular weight is 217 g/mol. The first kappa shape index (κ1) is 10.5. The van der Waals surface area contributed by atoms with Crippen LogP contribution in [0.25, 0.3) is 0 Å². The topological polar surface area (TPSA) is 42.9 Å². The molecule has 1 aromatic rings. The molecule has 0 bridgehead atoms. The Bertz CT molecular complexity index is 331.